The van der Waals surface area contributed by atoms with Crippen LogP contribution in [0.2, 0.25) is 5.02 Å². The minimum Gasteiger partial charge on any atom is -0.508 e. The normalized spacial score (nSPS) is 24.4. The van der Waals surface area contributed by atoms with Gasteiger partial charge in [-0.15, -0.1) is 0 Å². The van der Waals surface area contributed by atoms with E-state index in [2.05, 4.69) is 21.3 Å². The number of amides is 4. The predicted octanol–water partition coefficient (Wildman–Crippen LogP) is 2.15. The molecule has 15 heteroatoms. The number of benzene rings is 2. The molecule has 3 rings (SSSR count). The Hall–Kier alpha value is -3.46. The Morgan fingerprint density at radius 2 is 1.46 bits per heavy atom. The summed E-state index contributed by atoms with van der Waals surface area (Å²) in [5, 5.41) is 30.8. The third-order valence-corrected chi connectivity index (χ3v) is 11.9. The molecule has 0 radical (unpaired) electrons. The minimum atomic E-state index is -1.39. The molecule has 1 aliphatic heterocycles. The molecular formula is C31H40ClN5O7S2. The van der Waals surface area contributed by atoms with Gasteiger partial charge in [0.25, 0.3) is 0 Å². The van der Waals surface area contributed by atoms with Crippen molar-refractivity contribution in [1.82, 2.24) is 21.3 Å². The molecule has 0 saturated carbocycles. The fourth-order valence-electron chi connectivity index (χ4n) is 4.59. The molecule has 1 heterocycles. The van der Waals surface area contributed by atoms with Crippen LogP contribution in [0, 0.1) is 0 Å². The molecule has 5 atom stereocenters. The number of halogens is 1. The SMILES string of the molecule is CC1NC(=O)C(NC(=O)C(N)Cc2ccc(O)cc2)C(C)(C)SSC(C)(C)C(C(=O)O)NC(=O)C(Cc2ccc(Cl)cc2)NC1=O. The van der Waals surface area contributed by atoms with Gasteiger partial charge in [0.05, 0.1) is 10.8 Å². The largest absolute Gasteiger partial charge is 0.508 e. The third kappa shape index (κ3) is 10.0. The fraction of sp³-hybridized carbons (Fsp3) is 0.452. The summed E-state index contributed by atoms with van der Waals surface area (Å²) < 4.78 is -2.19. The summed E-state index contributed by atoms with van der Waals surface area (Å²) in [5.41, 5.74) is 7.55. The van der Waals surface area contributed by atoms with E-state index in [4.69, 9.17) is 17.3 Å². The van der Waals surface area contributed by atoms with Crippen LogP contribution in [0.4, 0.5) is 0 Å². The topological polar surface area (TPSA) is 200 Å². The van der Waals surface area contributed by atoms with Crippen molar-refractivity contribution in [2.75, 3.05) is 0 Å². The van der Waals surface area contributed by atoms with Crippen LogP contribution in [0.3, 0.4) is 0 Å². The lowest BCUT2D eigenvalue weighted by Gasteiger charge is -2.38. The number of aliphatic carboxylic acids is 1. The number of carbonyl (C=O) groups excluding carboxylic acids is 4. The van der Waals surface area contributed by atoms with E-state index in [1.165, 1.54) is 19.1 Å². The first-order chi connectivity index (χ1) is 21.4. The molecule has 2 aromatic rings. The maximum Gasteiger partial charge on any atom is 0.327 e. The van der Waals surface area contributed by atoms with E-state index >= 15 is 0 Å². The number of nitrogens with one attached hydrogen (secondary N) is 4. The molecule has 0 bridgehead atoms. The monoisotopic (exact) mass is 693 g/mol. The molecule has 1 fully saturated rings. The smallest absolute Gasteiger partial charge is 0.327 e. The Kier molecular flexibility index (Phi) is 12.4. The zero-order chi connectivity index (χ0) is 34.4. The van der Waals surface area contributed by atoms with Gasteiger partial charge in [-0.25, -0.2) is 4.79 Å². The van der Waals surface area contributed by atoms with Crippen LogP contribution in [0.5, 0.6) is 5.75 Å². The molecule has 4 amide bonds. The molecule has 0 spiro atoms. The number of hydrogen-bond acceptors (Lipinski definition) is 9. The zero-order valence-corrected chi connectivity index (χ0v) is 28.5. The third-order valence-electron chi connectivity index (χ3n) is 7.41. The second-order valence-corrected chi connectivity index (χ2v) is 16.1. The summed E-state index contributed by atoms with van der Waals surface area (Å²) in [7, 11) is 2.29. The number of carboxylic acids is 1. The van der Waals surface area contributed by atoms with Crippen LogP contribution >= 0.6 is 33.2 Å². The first-order valence-corrected chi connectivity index (χ1v) is 17.0. The van der Waals surface area contributed by atoms with Gasteiger partial charge < -0.3 is 37.2 Å². The maximum absolute atomic E-state index is 13.7. The molecule has 12 nitrogen and oxygen atoms in total. The number of carboxylic acid groups (broad SMARTS) is 1. The van der Waals surface area contributed by atoms with Gasteiger partial charge in [0.15, 0.2) is 0 Å². The molecule has 0 aromatic heterocycles. The average molecular weight is 694 g/mol. The summed E-state index contributed by atoms with van der Waals surface area (Å²) in [4.78, 5) is 66.3. The highest BCUT2D eigenvalue weighted by Crippen LogP contribution is 2.46. The number of carbonyl (C=O) groups is 5. The van der Waals surface area contributed by atoms with E-state index in [1.54, 1.807) is 64.1 Å². The van der Waals surface area contributed by atoms with Crippen molar-refractivity contribution in [2.24, 2.45) is 5.73 Å². The van der Waals surface area contributed by atoms with E-state index in [9.17, 15) is 34.2 Å². The van der Waals surface area contributed by atoms with E-state index < -0.39 is 69.3 Å². The number of aromatic hydroxyl groups is 1. The van der Waals surface area contributed by atoms with Crippen LogP contribution in [0.1, 0.15) is 45.7 Å². The number of rotatable bonds is 7. The summed E-state index contributed by atoms with van der Waals surface area (Å²) in [6, 6.07) is 6.88. The molecule has 250 valence electrons. The Balaban J connectivity index is 1.93. The van der Waals surface area contributed by atoms with E-state index in [0.29, 0.717) is 16.1 Å². The van der Waals surface area contributed by atoms with Crippen molar-refractivity contribution >= 4 is 62.8 Å². The molecule has 0 aliphatic carbocycles. The van der Waals surface area contributed by atoms with Gasteiger partial charge in [0, 0.05) is 16.2 Å². The van der Waals surface area contributed by atoms with E-state index in [1.807, 2.05) is 0 Å². The Morgan fingerprint density at radius 3 is 2.04 bits per heavy atom. The quantitative estimate of drug-likeness (QED) is 0.211. The minimum absolute atomic E-state index is 0.0225. The van der Waals surface area contributed by atoms with Gasteiger partial charge in [-0.2, -0.15) is 0 Å². The van der Waals surface area contributed by atoms with E-state index in [0.717, 1.165) is 21.6 Å². The van der Waals surface area contributed by atoms with Crippen molar-refractivity contribution in [2.45, 2.75) is 87.2 Å². The summed E-state index contributed by atoms with van der Waals surface area (Å²) in [5.74, 6) is -3.92. The second-order valence-electron chi connectivity index (χ2n) is 12.2. The average Bonchev–Trinajstić information content (AvgIpc) is 2.98. The van der Waals surface area contributed by atoms with Crippen molar-refractivity contribution < 1.29 is 34.2 Å². The van der Waals surface area contributed by atoms with Gasteiger partial charge in [-0.1, -0.05) is 57.5 Å². The Bertz CT molecular complexity index is 1440. The van der Waals surface area contributed by atoms with Crippen LogP contribution < -0.4 is 27.0 Å². The lowest BCUT2D eigenvalue weighted by molar-refractivity contribution is -0.143. The first kappa shape index (κ1) is 37.0. The van der Waals surface area contributed by atoms with Crippen molar-refractivity contribution in [1.29, 1.82) is 0 Å². The molecular weight excluding hydrogens is 654 g/mol. The van der Waals surface area contributed by atoms with Crippen LogP contribution in [0.15, 0.2) is 48.5 Å². The fourth-order valence-corrected chi connectivity index (χ4v) is 7.53. The molecule has 46 heavy (non-hydrogen) atoms. The van der Waals surface area contributed by atoms with Crippen molar-refractivity contribution in [3.63, 3.8) is 0 Å². The molecule has 2 aromatic carbocycles. The maximum atomic E-state index is 13.7. The van der Waals surface area contributed by atoms with Gasteiger partial charge in [-0.3, -0.25) is 19.2 Å². The van der Waals surface area contributed by atoms with E-state index in [-0.39, 0.29) is 18.6 Å². The number of nitrogens with two attached hydrogens (primary N) is 1. The first-order valence-electron chi connectivity index (χ1n) is 14.5. The number of phenols is 1. The number of phenolic OH excluding ortho intramolecular Hbond substituents is 1. The van der Waals surface area contributed by atoms with Gasteiger partial charge in [0.1, 0.15) is 29.9 Å². The molecule has 1 aliphatic rings. The highest BCUT2D eigenvalue weighted by molar-refractivity contribution is 8.77. The van der Waals surface area contributed by atoms with Crippen LogP contribution in [-0.4, -0.2) is 79.5 Å². The molecule has 8 N–H and O–H groups in total. The van der Waals surface area contributed by atoms with Gasteiger partial charge in [0.2, 0.25) is 23.6 Å². The van der Waals surface area contributed by atoms with Crippen molar-refractivity contribution in [3.05, 3.63) is 64.7 Å². The Labute approximate surface area is 280 Å². The molecule has 1 saturated heterocycles. The summed E-state index contributed by atoms with van der Waals surface area (Å²) in [6.45, 7) is 8.11. The standard InChI is InChI=1S/C31H40ClN5O7S2/c1-16-25(39)35-22(15-18-6-10-19(32)11-7-18)27(41)37-24(29(43)44)31(4,5)46-45-30(2,3)23(28(42)34-16)36-26(40)21(33)14-17-8-12-20(38)13-9-17/h6-13,16,21-24,38H,14-15,33H2,1-5H3,(H,34,42)(H,35,39)(H,36,40)(H,37,41)(H,43,44). The lowest BCUT2D eigenvalue weighted by Crippen LogP contribution is -2.63. The summed E-state index contributed by atoms with van der Waals surface area (Å²) >= 11 is 6.00. The lowest BCUT2D eigenvalue weighted by atomic mass is 9.99. The van der Waals surface area contributed by atoms with Crippen LogP contribution in [-0.2, 0) is 36.8 Å². The van der Waals surface area contributed by atoms with Crippen LogP contribution in [0.25, 0.3) is 0 Å². The van der Waals surface area contributed by atoms with Gasteiger partial charge in [-0.05, 0) is 76.4 Å². The highest BCUT2D eigenvalue weighted by atomic mass is 35.5. The Morgan fingerprint density at radius 1 is 0.891 bits per heavy atom. The summed E-state index contributed by atoms with van der Waals surface area (Å²) in [6.07, 6.45) is 0.151. The highest BCUT2D eigenvalue weighted by Gasteiger charge is 2.45. The van der Waals surface area contributed by atoms with Crippen molar-refractivity contribution in [3.8, 4) is 5.75 Å². The number of hydrogen-bond donors (Lipinski definition) is 7. The predicted molar refractivity (Wildman–Crippen MR) is 179 cm³/mol. The molecule has 5 unspecified atom stereocenters. The zero-order valence-electron chi connectivity index (χ0n) is 26.1. The second kappa shape index (κ2) is 15.4. The van der Waals surface area contributed by atoms with Gasteiger partial charge >= 0.3 is 5.97 Å².